The summed E-state index contributed by atoms with van der Waals surface area (Å²) in [5, 5.41) is 41.0. The van der Waals surface area contributed by atoms with Crippen LogP contribution in [0.1, 0.15) is 11.7 Å². The normalized spacial score (nSPS) is 33.2. The lowest BCUT2D eigenvalue weighted by Gasteiger charge is -2.40. The minimum Gasteiger partial charge on any atom is -0.394 e. The molecule has 1 radical (unpaired) electrons. The van der Waals surface area contributed by atoms with Crippen LogP contribution in [0.2, 0.25) is 0 Å². The van der Waals surface area contributed by atoms with Crippen molar-refractivity contribution in [2.75, 3.05) is 6.61 Å². The second-order valence-corrected chi connectivity index (χ2v) is 5.23. The quantitative estimate of drug-likeness (QED) is 0.632. The lowest BCUT2D eigenvalue weighted by atomic mass is 9.89. The maximum Gasteiger partial charge on any atom is 0.113 e. The van der Waals surface area contributed by atoms with E-state index in [1.54, 1.807) is 6.07 Å². The Hall–Kier alpha value is -1.50. The predicted molar refractivity (Wildman–Crippen MR) is 75.5 cm³/mol. The largest absolute Gasteiger partial charge is 0.394 e. The van der Waals surface area contributed by atoms with Crippen LogP contribution < -0.4 is 0 Å². The maximum absolute atomic E-state index is 10.2. The van der Waals surface area contributed by atoms with E-state index in [9.17, 15) is 20.4 Å². The van der Waals surface area contributed by atoms with Crippen molar-refractivity contribution in [1.82, 2.24) is 0 Å². The van der Waals surface area contributed by atoms with Gasteiger partial charge in [-0.25, -0.2) is 0 Å². The highest BCUT2D eigenvalue weighted by atomic mass is 16.5. The molecule has 5 atom stereocenters. The minimum atomic E-state index is -1.38. The Labute approximate surface area is 122 Å². The van der Waals surface area contributed by atoms with E-state index in [1.807, 2.05) is 30.3 Å². The van der Waals surface area contributed by atoms with Crippen LogP contribution in [0.4, 0.5) is 0 Å². The average molecular weight is 289 g/mol. The molecule has 3 rings (SSSR count). The zero-order valence-electron chi connectivity index (χ0n) is 11.3. The van der Waals surface area contributed by atoms with Gasteiger partial charge in [-0.3, -0.25) is 0 Å². The summed E-state index contributed by atoms with van der Waals surface area (Å²) in [6.45, 7) is -0.438. The van der Waals surface area contributed by atoms with Gasteiger partial charge < -0.3 is 25.2 Å². The number of fused-ring (bicyclic) bond motifs is 1. The molecule has 1 saturated heterocycles. The van der Waals surface area contributed by atoms with Gasteiger partial charge in [-0.05, 0) is 22.4 Å². The van der Waals surface area contributed by atoms with Gasteiger partial charge in [0, 0.05) is 0 Å². The van der Waals surface area contributed by atoms with Crippen molar-refractivity contribution in [2.45, 2.75) is 30.5 Å². The molecule has 1 unspecified atom stereocenters. The standard InChI is InChI=1S/C16H17O5/c17-8-12-13(18)14(19)15(20)16(21-12)11-7-3-5-9-4-1-2-6-10(9)11/h1-6,12-20H,8H2/t12-,13+,14+,15-,16?/m1/s1. The van der Waals surface area contributed by atoms with Gasteiger partial charge in [0.15, 0.2) is 0 Å². The summed E-state index contributed by atoms with van der Waals surface area (Å²) in [5.41, 5.74) is 0.602. The monoisotopic (exact) mass is 289 g/mol. The maximum atomic E-state index is 10.2. The summed E-state index contributed by atoms with van der Waals surface area (Å²) < 4.78 is 5.58. The summed E-state index contributed by atoms with van der Waals surface area (Å²) in [4.78, 5) is 0. The van der Waals surface area contributed by atoms with Gasteiger partial charge in [-0.15, -0.1) is 0 Å². The van der Waals surface area contributed by atoms with Crippen molar-refractivity contribution >= 4 is 10.8 Å². The summed E-state index contributed by atoms with van der Waals surface area (Å²) >= 11 is 0. The highest BCUT2D eigenvalue weighted by Crippen LogP contribution is 2.35. The third-order valence-electron chi connectivity index (χ3n) is 3.93. The van der Waals surface area contributed by atoms with Gasteiger partial charge in [0.25, 0.3) is 0 Å². The highest BCUT2D eigenvalue weighted by Gasteiger charge is 2.44. The Balaban J connectivity index is 2.05. The van der Waals surface area contributed by atoms with Crippen molar-refractivity contribution in [3.63, 3.8) is 0 Å². The van der Waals surface area contributed by atoms with Gasteiger partial charge in [-0.1, -0.05) is 36.4 Å². The molecule has 1 aliphatic heterocycles. The van der Waals surface area contributed by atoms with Crippen LogP contribution in [0.25, 0.3) is 10.8 Å². The van der Waals surface area contributed by atoms with E-state index >= 15 is 0 Å². The van der Waals surface area contributed by atoms with E-state index < -0.39 is 37.1 Å². The molecule has 1 heterocycles. The van der Waals surface area contributed by atoms with Crippen LogP contribution >= 0.6 is 0 Å². The molecule has 111 valence electrons. The molecule has 2 aromatic rings. The molecular weight excluding hydrogens is 272 g/mol. The molecule has 2 aromatic carbocycles. The molecule has 21 heavy (non-hydrogen) atoms. The smallest absolute Gasteiger partial charge is 0.113 e. The van der Waals surface area contributed by atoms with Crippen LogP contribution in [0.15, 0.2) is 36.4 Å². The van der Waals surface area contributed by atoms with Crippen molar-refractivity contribution < 1.29 is 25.2 Å². The number of ether oxygens (including phenoxy) is 1. The zero-order valence-corrected chi connectivity index (χ0v) is 11.3. The van der Waals surface area contributed by atoms with E-state index in [1.165, 1.54) is 0 Å². The van der Waals surface area contributed by atoms with Crippen molar-refractivity contribution in [3.8, 4) is 0 Å². The van der Waals surface area contributed by atoms with Gasteiger partial charge in [-0.2, -0.15) is 0 Å². The van der Waals surface area contributed by atoms with Gasteiger partial charge in [0.2, 0.25) is 0 Å². The first kappa shape index (κ1) is 14.4. The molecule has 0 amide bonds. The lowest BCUT2D eigenvalue weighted by Crippen LogP contribution is -2.55. The average Bonchev–Trinajstić information content (AvgIpc) is 2.53. The number of aliphatic hydroxyl groups excluding tert-OH is 4. The molecule has 0 spiro atoms. The Kier molecular flexibility index (Phi) is 3.93. The second kappa shape index (κ2) is 5.71. The Morgan fingerprint density at radius 3 is 2.52 bits per heavy atom. The number of benzene rings is 2. The van der Waals surface area contributed by atoms with Crippen molar-refractivity contribution in [2.24, 2.45) is 0 Å². The molecule has 1 fully saturated rings. The summed E-state index contributed by atoms with van der Waals surface area (Å²) in [5.74, 6) is 0. The molecule has 5 heteroatoms. The molecule has 0 aliphatic carbocycles. The Morgan fingerprint density at radius 2 is 1.76 bits per heavy atom. The zero-order chi connectivity index (χ0) is 15.0. The first-order chi connectivity index (χ1) is 10.1. The van der Waals surface area contributed by atoms with Gasteiger partial charge in [0.1, 0.15) is 30.5 Å². The van der Waals surface area contributed by atoms with Gasteiger partial charge in [0.05, 0.1) is 6.61 Å². The number of hydrogen-bond acceptors (Lipinski definition) is 5. The van der Waals surface area contributed by atoms with Crippen molar-refractivity contribution in [3.05, 3.63) is 48.0 Å². The molecule has 0 aromatic heterocycles. The fourth-order valence-corrected chi connectivity index (χ4v) is 2.76. The molecule has 0 saturated carbocycles. The van der Waals surface area contributed by atoms with Crippen LogP contribution in [0, 0.1) is 6.07 Å². The third-order valence-corrected chi connectivity index (χ3v) is 3.93. The molecule has 4 N–H and O–H groups in total. The minimum absolute atomic E-state index is 0.438. The van der Waals surface area contributed by atoms with Gasteiger partial charge >= 0.3 is 0 Å². The number of rotatable bonds is 2. The lowest BCUT2D eigenvalue weighted by molar-refractivity contribution is -0.231. The van der Waals surface area contributed by atoms with E-state index in [0.29, 0.717) is 5.56 Å². The van der Waals surface area contributed by atoms with E-state index in [2.05, 4.69) is 6.07 Å². The Bertz CT molecular complexity index is 622. The first-order valence-electron chi connectivity index (χ1n) is 6.83. The Morgan fingerprint density at radius 1 is 1.00 bits per heavy atom. The van der Waals surface area contributed by atoms with Crippen LogP contribution in [-0.2, 0) is 4.74 Å². The molecular formula is C16H17O5. The molecule has 1 aliphatic rings. The van der Waals surface area contributed by atoms with Crippen molar-refractivity contribution in [1.29, 1.82) is 0 Å². The fraction of sp³-hybridized carbons (Fsp3) is 0.375. The van der Waals surface area contributed by atoms with E-state index in [4.69, 9.17) is 4.74 Å². The molecule has 0 bridgehead atoms. The summed E-state index contributed by atoms with van der Waals surface area (Å²) in [6, 6.07) is 14.2. The predicted octanol–water partition coefficient (Wildman–Crippen LogP) is 0.155. The van der Waals surface area contributed by atoms with Crippen LogP contribution in [0.3, 0.4) is 0 Å². The highest BCUT2D eigenvalue weighted by molar-refractivity contribution is 5.85. The summed E-state index contributed by atoms with van der Waals surface area (Å²) in [7, 11) is 0. The van der Waals surface area contributed by atoms with Crippen LogP contribution in [0.5, 0.6) is 0 Å². The number of hydrogen-bond donors (Lipinski definition) is 4. The second-order valence-electron chi connectivity index (χ2n) is 5.23. The van der Waals surface area contributed by atoms with E-state index in [0.717, 1.165) is 10.8 Å². The SMILES string of the molecule is OC[C@H]1OC(c2[c]ccc3ccccc23)[C@H](O)[C@@H](O)[C@H]1O. The topological polar surface area (TPSA) is 90.2 Å². The third kappa shape index (κ3) is 2.43. The van der Waals surface area contributed by atoms with E-state index in [-0.39, 0.29) is 0 Å². The molecule has 5 nitrogen and oxygen atoms in total. The number of aliphatic hydroxyl groups is 4. The van der Waals surface area contributed by atoms with Crippen LogP contribution in [-0.4, -0.2) is 51.4 Å². The first-order valence-corrected chi connectivity index (χ1v) is 6.83. The fourth-order valence-electron chi connectivity index (χ4n) is 2.76. The summed E-state index contributed by atoms with van der Waals surface area (Å²) in [6.07, 6.45) is -5.79.